The van der Waals surface area contributed by atoms with Crippen LogP contribution in [0.4, 0.5) is 5.69 Å². The number of nitrogens with zero attached hydrogens (tertiary/aromatic N) is 3. The number of hydrogen-bond donors (Lipinski definition) is 1. The third-order valence-corrected chi connectivity index (χ3v) is 7.43. The number of aliphatic imine (C=N–C) groups is 1. The molecule has 0 unspecified atom stereocenters. The number of carbonyl (C=O) groups is 4. The lowest BCUT2D eigenvalue weighted by Gasteiger charge is -2.31. The molecule has 1 N–H and O–H groups in total. The Bertz CT molecular complexity index is 974. The number of likely N-dealkylation sites (tertiary alicyclic amines) is 2. The normalized spacial score (nSPS) is 22.5. The minimum absolute atomic E-state index is 0.0497. The molecule has 34 heavy (non-hydrogen) atoms. The van der Waals surface area contributed by atoms with Gasteiger partial charge in [0.25, 0.3) is 11.8 Å². The first kappa shape index (κ1) is 24.3. The van der Waals surface area contributed by atoms with Gasteiger partial charge in [-0.1, -0.05) is 11.8 Å². The summed E-state index contributed by atoms with van der Waals surface area (Å²) < 4.78 is 5.10. The number of nitrogens with one attached hydrogen (secondary N) is 1. The minimum Gasteiger partial charge on any atom is -0.466 e. The molecule has 3 aliphatic rings. The topological polar surface area (TPSA) is 108 Å². The molecular weight excluding hydrogens is 456 g/mol. The molecule has 4 rings (SSSR count). The van der Waals surface area contributed by atoms with E-state index in [1.807, 2.05) is 0 Å². The van der Waals surface area contributed by atoms with Crippen LogP contribution in [0.1, 0.15) is 49.4 Å². The van der Waals surface area contributed by atoms with Crippen molar-refractivity contribution in [1.82, 2.24) is 9.80 Å². The van der Waals surface area contributed by atoms with Crippen LogP contribution in [-0.4, -0.2) is 76.7 Å². The van der Waals surface area contributed by atoms with E-state index in [2.05, 4.69) is 15.2 Å². The summed E-state index contributed by atoms with van der Waals surface area (Å²) in [5.74, 6) is -1.22. The molecule has 3 heterocycles. The highest BCUT2D eigenvalue weighted by Gasteiger charge is 2.34. The Hall–Kier alpha value is -2.88. The monoisotopic (exact) mass is 486 g/mol. The SMILES string of the molecule is CCOC(=O)[C@@H]1CCCN(C(=O)c2ccc(NC(=O)C[C@H]3SC(N4CCCC4)=NC3=O)cc2)C1. The van der Waals surface area contributed by atoms with Crippen molar-refractivity contribution in [2.75, 3.05) is 38.1 Å². The van der Waals surface area contributed by atoms with Gasteiger partial charge in [0.2, 0.25) is 5.91 Å². The van der Waals surface area contributed by atoms with E-state index in [-0.39, 0.29) is 36.0 Å². The molecule has 3 aliphatic heterocycles. The van der Waals surface area contributed by atoms with Crippen LogP contribution in [0.5, 0.6) is 0 Å². The van der Waals surface area contributed by atoms with Crippen LogP contribution < -0.4 is 5.32 Å². The molecule has 0 aliphatic carbocycles. The number of esters is 1. The standard InChI is InChI=1S/C24H30N4O5S/c1-2-33-23(32)17-6-5-13-28(15-17)22(31)16-7-9-18(10-8-16)25-20(29)14-19-21(30)26-24(34-19)27-11-3-4-12-27/h7-10,17,19H,2-6,11-15H2,1H3,(H,25,29)/t17-,19-/m1/s1. The highest BCUT2D eigenvalue weighted by molar-refractivity contribution is 8.15. The third kappa shape index (κ3) is 5.78. The molecule has 1 aromatic carbocycles. The number of piperidine rings is 1. The molecule has 2 atom stereocenters. The van der Waals surface area contributed by atoms with Crippen LogP contribution in [0.2, 0.25) is 0 Å². The smallest absolute Gasteiger partial charge is 0.310 e. The van der Waals surface area contributed by atoms with Crippen LogP contribution in [0.25, 0.3) is 0 Å². The first-order valence-corrected chi connectivity index (χ1v) is 12.7. The van der Waals surface area contributed by atoms with Crippen molar-refractivity contribution in [3.63, 3.8) is 0 Å². The Kier molecular flexibility index (Phi) is 7.87. The van der Waals surface area contributed by atoms with Gasteiger partial charge in [-0.25, -0.2) is 0 Å². The summed E-state index contributed by atoms with van der Waals surface area (Å²) in [7, 11) is 0. The number of carbonyl (C=O) groups excluding carboxylic acids is 4. The van der Waals surface area contributed by atoms with Crippen LogP contribution in [0.15, 0.2) is 29.3 Å². The summed E-state index contributed by atoms with van der Waals surface area (Å²) in [6.07, 6.45) is 3.72. The Morgan fingerprint density at radius 1 is 1.12 bits per heavy atom. The molecule has 2 fully saturated rings. The average molecular weight is 487 g/mol. The number of ether oxygens (including phenoxy) is 1. The second-order valence-electron chi connectivity index (χ2n) is 8.71. The Balaban J connectivity index is 1.28. The van der Waals surface area contributed by atoms with Gasteiger partial charge < -0.3 is 19.9 Å². The zero-order chi connectivity index (χ0) is 24.1. The number of benzene rings is 1. The van der Waals surface area contributed by atoms with Gasteiger partial charge in [0.05, 0.1) is 12.5 Å². The second-order valence-corrected chi connectivity index (χ2v) is 9.88. The molecule has 182 valence electrons. The first-order valence-electron chi connectivity index (χ1n) is 11.8. The molecule has 2 saturated heterocycles. The van der Waals surface area contributed by atoms with E-state index >= 15 is 0 Å². The lowest BCUT2D eigenvalue weighted by molar-refractivity contribution is -0.149. The van der Waals surface area contributed by atoms with E-state index in [1.165, 1.54) is 11.8 Å². The number of thioether (sulfide) groups is 1. The van der Waals surface area contributed by atoms with Crippen molar-refractivity contribution < 1.29 is 23.9 Å². The molecule has 9 nitrogen and oxygen atoms in total. The summed E-state index contributed by atoms with van der Waals surface area (Å²) in [6.45, 7) is 4.87. The van der Waals surface area contributed by atoms with Crippen molar-refractivity contribution in [1.29, 1.82) is 0 Å². The van der Waals surface area contributed by atoms with E-state index in [4.69, 9.17) is 4.74 Å². The number of amides is 3. The van der Waals surface area contributed by atoms with Crippen molar-refractivity contribution in [2.45, 2.75) is 44.3 Å². The van der Waals surface area contributed by atoms with E-state index in [1.54, 1.807) is 36.1 Å². The lowest BCUT2D eigenvalue weighted by Crippen LogP contribution is -2.42. The number of anilines is 1. The molecule has 1 aromatic rings. The van der Waals surface area contributed by atoms with Crippen LogP contribution in [0, 0.1) is 5.92 Å². The van der Waals surface area contributed by atoms with Gasteiger partial charge in [-0.2, -0.15) is 4.99 Å². The second kappa shape index (κ2) is 11.0. The number of hydrogen-bond acceptors (Lipinski definition) is 7. The zero-order valence-electron chi connectivity index (χ0n) is 19.3. The maximum Gasteiger partial charge on any atom is 0.310 e. The van der Waals surface area contributed by atoms with Gasteiger partial charge in [0.15, 0.2) is 5.17 Å². The van der Waals surface area contributed by atoms with Gasteiger partial charge in [0, 0.05) is 43.9 Å². The summed E-state index contributed by atoms with van der Waals surface area (Å²) in [5.41, 5.74) is 1.05. The Labute approximate surface area is 203 Å². The molecule has 0 radical (unpaired) electrons. The number of amidine groups is 1. The maximum atomic E-state index is 12.9. The van der Waals surface area contributed by atoms with E-state index in [9.17, 15) is 19.2 Å². The molecule has 0 bridgehead atoms. The van der Waals surface area contributed by atoms with Crippen molar-refractivity contribution in [3.8, 4) is 0 Å². The Morgan fingerprint density at radius 3 is 2.56 bits per heavy atom. The predicted molar refractivity (Wildman–Crippen MR) is 130 cm³/mol. The van der Waals surface area contributed by atoms with Crippen LogP contribution >= 0.6 is 11.8 Å². The fraction of sp³-hybridized carbons (Fsp3) is 0.542. The molecule has 0 aromatic heterocycles. The highest BCUT2D eigenvalue weighted by Crippen LogP contribution is 2.29. The van der Waals surface area contributed by atoms with Gasteiger partial charge in [-0.15, -0.1) is 0 Å². The van der Waals surface area contributed by atoms with E-state index in [0.29, 0.717) is 30.9 Å². The van der Waals surface area contributed by atoms with Crippen molar-refractivity contribution in [3.05, 3.63) is 29.8 Å². The van der Waals surface area contributed by atoms with Crippen molar-refractivity contribution in [2.24, 2.45) is 10.9 Å². The zero-order valence-corrected chi connectivity index (χ0v) is 20.1. The van der Waals surface area contributed by atoms with Crippen molar-refractivity contribution >= 4 is 46.3 Å². The van der Waals surface area contributed by atoms with Gasteiger partial charge in [0.1, 0.15) is 5.25 Å². The van der Waals surface area contributed by atoms with Crippen LogP contribution in [-0.2, 0) is 19.1 Å². The van der Waals surface area contributed by atoms with Crippen LogP contribution in [0.3, 0.4) is 0 Å². The third-order valence-electron chi connectivity index (χ3n) is 6.22. The van der Waals surface area contributed by atoms with E-state index < -0.39 is 5.25 Å². The predicted octanol–water partition coefficient (Wildman–Crippen LogP) is 2.52. The van der Waals surface area contributed by atoms with E-state index in [0.717, 1.165) is 43.9 Å². The molecule has 10 heteroatoms. The summed E-state index contributed by atoms with van der Waals surface area (Å²) in [4.78, 5) is 57.6. The minimum atomic E-state index is -0.497. The Morgan fingerprint density at radius 2 is 1.85 bits per heavy atom. The van der Waals surface area contributed by atoms with Gasteiger partial charge in [-0.3, -0.25) is 19.2 Å². The number of rotatable bonds is 6. The summed E-state index contributed by atoms with van der Waals surface area (Å²) >= 11 is 1.36. The first-order chi connectivity index (χ1) is 16.4. The fourth-order valence-electron chi connectivity index (χ4n) is 4.43. The maximum absolute atomic E-state index is 12.9. The largest absolute Gasteiger partial charge is 0.466 e. The summed E-state index contributed by atoms with van der Waals surface area (Å²) in [6, 6.07) is 6.67. The highest BCUT2D eigenvalue weighted by atomic mass is 32.2. The quantitative estimate of drug-likeness (QED) is 0.616. The summed E-state index contributed by atoms with van der Waals surface area (Å²) in [5, 5.41) is 3.03. The average Bonchev–Trinajstić information content (AvgIpc) is 3.50. The molecule has 0 spiro atoms. The fourth-order valence-corrected chi connectivity index (χ4v) is 5.54. The molecule has 3 amide bonds. The lowest BCUT2D eigenvalue weighted by atomic mass is 9.97. The molecular formula is C24H30N4O5S. The van der Waals surface area contributed by atoms with Gasteiger partial charge in [-0.05, 0) is 56.9 Å². The molecule has 0 saturated carbocycles. The van der Waals surface area contributed by atoms with Gasteiger partial charge >= 0.3 is 5.97 Å².